The average molecular weight is 467 g/mol. The Morgan fingerprint density at radius 2 is 1.73 bits per heavy atom. The lowest BCUT2D eigenvalue weighted by atomic mass is 10.00. The Kier molecular flexibility index (Phi) is 5.95. The third-order valence-electron chi connectivity index (χ3n) is 5.43. The Balaban J connectivity index is 1.79. The molecule has 0 amide bonds. The Morgan fingerprint density at radius 1 is 1.03 bits per heavy atom. The molecule has 9 heteroatoms. The molecule has 0 aliphatic heterocycles. The molecule has 158 valence electrons. The van der Waals surface area contributed by atoms with Crippen LogP contribution in [0.4, 0.5) is 5.95 Å². The number of halogens is 3. The Morgan fingerprint density at radius 3 is 2.40 bits per heavy atom. The maximum atomic E-state index is 6.46. The number of benzene rings is 2. The van der Waals surface area contributed by atoms with Gasteiger partial charge in [0.2, 0.25) is 9.74 Å². The summed E-state index contributed by atoms with van der Waals surface area (Å²) >= 11 is 18.3. The van der Waals surface area contributed by atoms with E-state index in [-0.39, 0.29) is 11.4 Å². The van der Waals surface area contributed by atoms with Crippen molar-refractivity contribution in [1.29, 1.82) is 0 Å². The number of nitrogens with one attached hydrogen (secondary N) is 1. The van der Waals surface area contributed by atoms with Gasteiger partial charge in [-0.05, 0) is 30.4 Å². The van der Waals surface area contributed by atoms with Gasteiger partial charge in [-0.3, -0.25) is 0 Å². The van der Waals surface area contributed by atoms with E-state index in [1.165, 1.54) is 0 Å². The van der Waals surface area contributed by atoms with Crippen LogP contribution >= 0.6 is 34.8 Å². The number of alkyl halides is 3. The summed E-state index contributed by atoms with van der Waals surface area (Å²) in [5.41, 5.74) is 6.97. The molecule has 0 spiro atoms. The van der Waals surface area contributed by atoms with Crippen molar-refractivity contribution in [3.05, 3.63) is 42.2 Å². The van der Waals surface area contributed by atoms with E-state index >= 15 is 0 Å². The zero-order valence-corrected chi connectivity index (χ0v) is 18.7. The summed E-state index contributed by atoms with van der Waals surface area (Å²) in [6, 6.07) is 11.6. The number of fused-ring (bicyclic) bond motifs is 1. The number of rotatable bonds is 5. The molecule has 1 fully saturated rings. The molecule has 0 atom stereocenters. The van der Waals surface area contributed by atoms with Crippen LogP contribution in [0.3, 0.4) is 0 Å². The predicted octanol–water partition coefficient (Wildman–Crippen LogP) is 5.21. The molecule has 4 rings (SSSR count). The Bertz CT molecular complexity index is 1060. The lowest BCUT2D eigenvalue weighted by Gasteiger charge is -2.24. The molecule has 3 N–H and O–H groups in total. The first-order valence-electron chi connectivity index (χ1n) is 9.71. The van der Waals surface area contributed by atoms with Gasteiger partial charge in [0.1, 0.15) is 5.75 Å². The minimum atomic E-state index is -1.79. The quantitative estimate of drug-likeness (QED) is 0.502. The fourth-order valence-electron chi connectivity index (χ4n) is 3.86. The van der Waals surface area contributed by atoms with E-state index < -0.39 is 3.79 Å². The lowest BCUT2D eigenvalue weighted by molar-refractivity contribution is 0.420. The molecule has 0 saturated heterocycles. The summed E-state index contributed by atoms with van der Waals surface area (Å²) in [4.78, 5) is 13.4. The first kappa shape index (κ1) is 21.4. The molecule has 0 unspecified atom stereocenters. The predicted molar refractivity (Wildman–Crippen MR) is 122 cm³/mol. The number of anilines is 1. The third kappa shape index (κ3) is 4.42. The number of nitrogens with zero attached hydrogens (tertiary/aromatic N) is 3. The smallest absolute Gasteiger partial charge is 0.250 e. The van der Waals surface area contributed by atoms with E-state index in [9.17, 15) is 0 Å². The van der Waals surface area contributed by atoms with Gasteiger partial charge in [-0.1, -0.05) is 71.9 Å². The molecule has 1 heterocycles. The van der Waals surface area contributed by atoms with E-state index in [4.69, 9.17) is 45.3 Å². The molecule has 2 aromatic carbocycles. The molecule has 30 heavy (non-hydrogen) atoms. The van der Waals surface area contributed by atoms with E-state index in [0.29, 0.717) is 18.3 Å². The molecular formula is C21H22Cl3N5O. The van der Waals surface area contributed by atoms with Crippen molar-refractivity contribution >= 4 is 51.5 Å². The van der Waals surface area contributed by atoms with Crippen molar-refractivity contribution in [3.8, 4) is 17.1 Å². The van der Waals surface area contributed by atoms with Gasteiger partial charge in [-0.2, -0.15) is 9.97 Å². The molecule has 0 radical (unpaired) electrons. The molecule has 1 aliphatic rings. The topological polar surface area (TPSA) is 86.0 Å². The highest BCUT2D eigenvalue weighted by Crippen LogP contribution is 2.38. The van der Waals surface area contributed by atoms with Crippen LogP contribution in [-0.4, -0.2) is 34.1 Å². The minimum Gasteiger partial charge on any atom is -0.496 e. The van der Waals surface area contributed by atoms with Crippen LogP contribution < -0.4 is 15.8 Å². The molecule has 0 bridgehead atoms. The van der Waals surface area contributed by atoms with Crippen LogP contribution in [0.1, 0.15) is 31.5 Å². The molecular weight excluding hydrogens is 445 g/mol. The maximum Gasteiger partial charge on any atom is 0.250 e. The Hall–Kier alpha value is -1.86. The van der Waals surface area contributed by atoms with Gasteiger partial charge in [0.25, 0.3) is 0 Å². The first-order valence-corrected chi connectivity index (χ1v) is 10.8. The van der Waals surface area contributed by atoms with Crippen molar-refractivity contribution in [2.75, 3.05) is 19.0 Å². The number of hydrogen-bond acceptors (Lipinski definition) is 6. The van der Waals surface area contributed by atoms with Gasteiger partial charge >= 0.3 is 0 Å². The minimum absolute atomic E-state index is 0.0531. The van der Waals surface area contributed by atoms with Crippen LogP contribution in [0, 0.1) is 0 Å². The molecule has 1 saturated carbocycles. The van der Waals surface area contributed by atoms with E-state index in [1.54, 1.807) is 7.11 Å². The largest absolute Gasteiger partial charge is 0.496 e. The number of methoxy groups -OCH3 is 1. The van der Waals surface area contributed by atoms with Gasteiger partial charge in [0, 0.05) is 23.0 Å². The normalized spacial score (nSPS) is 16.0. The Labute approximate surface area is 190 Å². The SMILES string of the molecule is COc1ccc(-c2nc(NCC3(N)CCCC3)nc(C(Cl)(Cl)Cl)n2)c2ccccc12. The van der Waals surface area contributed by atoms with Crippen LogP contribution in [-0.2, 0) is 3.79 Å². The van der Waals surface area contributed by atoms with E-state index in [0.717, 1.165) is 47.8 Å². The van der Waals surface area contributed by atoms with E-state index in [2.05, 4.69) is 20.3 Å². The van der Waals surface area contributed by atoms with Crippen molar-refractivity contribution < 1.29 is 4.74 Å². The number of ether oxygens (including phenoxy) is 1. The van der Waals surface area contributed by atoms with Crippen molar-refractivity contribution in [2.45, 2.75) is 35.0 Å². The molecule has 1 aromatic heterocycles. The summed E-state index contributed by atoms with van der Waals surface area (Å²) in [5.74, 6) is 1.55. The van der Waals surface area contributed by atoms with Gasteiger partial charge in [0.15, 0.2) is 11.6 Å². The zero-order valence-electron chi connectivity index (χ0n) is 16.5. The first-order chi connectivity index (χ1) is 14.3. The second-order valence-electron chi connectivity index (χ2n) is 7.59. The fraction of sp³-hybridized carbons (Fsp3) is 0.381. The molecule has 6 nitrogen and oxygen atoms in total. The maximum absolute atomic E-state index is 6.46. The highest BCUT2D eigenvalue weighted by molar-refractivity contribution is 6.66. The monoisotopic (exact) mass is 465 g/mol. The second-order valence-corrected chi connectivity index (χ2v) is 9.87. The highest BCUT2D eigenvalue weighted by Gasteiger charge is 2.31. The van der Waals surface area contributed by atoms with Gasteiger partial charge in [-0.15, -0.1) is 0 Å². The average Bonchev–Trinajstić information content (AvgIpc) is 3.17. The fourth-order valence-corrected chi connectivity index (χ4v) is 4.11. The number of aromatic nitrogens is 3. The summed E-state index contributed by atoms with van der Waals surface area (Å²) in [7, 11) is 1.64. The number of nitrogens with two attached hydrogens (primary N) is 1. The van der Waals surface area contributed by atoms with Crippen LogP contribution in [0.25, 0.3) is 22.2 Å². The molecule has 3 aromatic rings. The highest BCUT2D eigenvalue weighted by atomic mass is 35.6. The third-order valence-corrected chi connectivity index (χ3v) is 5.94. The summed E-state index contributed by atoms with van der Waals surface area (Å²) in [6.07, 6.45) is 4.16. The summed E-state index contributed by atoms with van der Waals surface area (Å²) in [5, 5.41) is 5.10. The van der Waals surface area contributed by atoms with Crippen LogP contribution in [0.2, 0.25) is 0 Å². The summed E-state index contributed by atoms with van der Waals surface area (Å²) < 4.78 is 3.70. The zero-order chi connectivity index (χ0) is 21.4. The standard InChI is InChI=1S/C21H22Cl3N5O/c1-30-16-9-8-15(13-6-2-3-7-14(13)16)17-27-18(21(22,23)24)29-19(28-17)26-12-20(25)10-4-5-11-20/h2-3,6-9H,4-5,10-12,25H2,1H3,(H,26,27,28,29). The second kappa shape index (κ2) is 8.35. The van der Waals surface area contributed by atoms with Gasteiger partial charge in [-0.25, -0.2) is 4.98 Å². The van der Waals surface area contributed by atoms with Crippen LogP contribution in [0.5, 0.6) is 5.75 Å². The van der Waals surface area contributed by atoms with E-state index in [1.807, 2.05) is 36.4 Å². The molecule has 1 aliphatic carbocycles. The number of hydrogen-bond donors (Lipinski definition) is 2. The van der Waals surface area contributed by atoms with Gasteiger partial charge < -0.3 is 15.8 Å². The van der Waals surface area contributed by atoms with Crippen molar-refractivity contribution in [2.24, 2.45) is 5.73 Å². The van der Waals surface area contributed by atoms with Crippen LogP contribution in [0.15, 0.2) is 36.4 Å². The lowest BCUT2D eigenvalue weighted by Crippen LogP contribution is -2.43. The summed E-state index contributed by atoms with van der Waals surface area (Å²) in [6.45, 7) is 0.541. The van der Waals surface area contributed by atoms with Crippen molar-refractivity contribution in [3.63, 3.8) is 0 Å². The van der Waals surface area contributed by atoms with Gasteiger partial charge in [0.05, 0.1) is 7.11 Å². The van der Waals surface area contributed by atoms with Crippen molar-refractivity contribution in [1.82, 2.24) is 15.0 Å².